The molecule has 1 nitrogen and oxygen atoms in total. The summed E-state index contributed by atoms with van der Waals surface area (Å²) >= 11 is 0. The van der Waals surface area contributed by atoms with Crippen molar-refractivity contribution in [2.45, 2.75) is 46.6 Å². The largest absolute Gasteiger partial charge is 0.324 e. The van der Waals surface area contributed by atoms with Crippen LogP contribution in [0.2, 0.25) is 0 Å². The molecule has 0 aliphatic carbocycles. The highest BCUT2D eigenvalue weighted by Gasteiger charge is 2.07. The van der Waals surface area contributed by atoms with Crippen LogP contribution in [-0.4, -0.2) is 0 Å². The molecule has 2 N–H and O–H groups in total. The van der Waals surface area contributed by atoms with Gasteiger partial charge in [0.05, 0.1) is 0 Å². The van der Waals surface area contributed by atoms with Gasteiger partial charge >= 0.3 is 0 Å². The van der Waals surface area contributed by atoms with Gasteiger partial charge in [-0.05, 0) is 49.3 Å². The fraction of sp³-hybridized carbons (Fsp3) is 0.571. The summed E-state index contributed by atoms with van der Waals surface area (Å²) in [5.41, 5.74) is 10.1. The third-order valence-corrected chi connectivity index (χ3v) is 3.01. The van der Waals surface area contributed by atoms with Crippen molar-refractivity contribution >= 4 is 12.4 Å². The number of hydrogen-bond donors (Lipinski definition) is 1. The summed E-state index contributed by atoms with van der Waals surface area (Å²) in [7, 11) is 0. The minimum Gasteiger partial charge on any atom is -0.324 e. The highest BCUT2D eigenvalue weighted by atomic mass is 35.5. The van der Waals surface area contributed by atoms with Gasteiger partial charge in [-0.2, -0.15) is 0 Å². The molecule has 0 heterocycles. The van der Waals surface area contributed by atoms with E-state index in [9.17, 15) is 0 Å². The Balaban J connectivity index is 0.00000225. The van der Waals surface area contributed by atoms with E-state index < -0.39 is 0 Å². The predicted octanol–water partition coefficient (Wildman–Crippen LogP) is 4.16. The SMILES string of the molecule is Cc1ccc([C@@H](N)CCC(C)C)cc1C.Cl. The summed E-state index contributed by atoms with van der Waals surface area (Å²) in [4.78, 5) is 0. The van der Waals surface area contributed by atoms with Gasteiger partial charge in [0.1, 0.15) is 0 Å². The molecule has 0 radical (unpaired) electrons. The van der Waals surface area contributed by atoms with Crippen molar-refractivity contribution in [3.63, 3.8) is 0 Å². The summed E-state index contributed by atoms with van der Waals surface area (Å²) < 4.78 is 0. The zero-order valence-electron chi connectivity index (χ0n) is 10.8. The Morgan fingerprint density at radius 1 is 1.06 bits per heavy atom. The number of rotatable bonds is 4. The smallest absolute Gasteiger partial charge is 0.0295 e. The number of nitrogens with two attached hydrogens (primary N) is 1. The topological polar surface area (TPSA) is 26.0 Å². The first-order valence-corrected chi connectivity index (χ1v) is 5.83. The second kappa shape index (κ2) is 6.93. The Bertz CT molecular complexity index is 321. The fourth-order valence-electron chi connectivity index (χ4n) is 1.67. The van der Waals surface area contributed by atoms with Crippen LogP contribution in [0.25, 0.3) is 0 Å². The van der Waals surface area contributed by atoms with Crippen LogP contribution in [-0.2, 0) is 0 Å². The lowest BCUT2D eigenvalue weighted by atomic mass is 9.96. The lowest BCUT2D eigenvalue weighted by molar-refractivity contribution is 0.507. The molecule has 0 fully saturated rings. The average Bonchev–Trinajstić information content (AvgIpc) is 2.18. The van der Waals surface area contributed by atoms with Gasteiger partial charge in [-0.3, -0.25) is 0 Å². The Labute approximate surface area is 106 Å². The van der Waals surface area contributed by atoms with Gasteiger partial charge in [0, 0.05) is 6.04 Å². The molecule has 1 atom stereocenters. The molecule has 0 unspecified atom stereocenters. The monoisotopic (exact) mass is 241 g/mol. The van der Waals surface area contributed by atoms with E-state index >= 15 is 0 Å². The molecule has 0 amide bonds. The maximum absolute atomic E-state index is 6.16. The Morgan fingerprint density at radius 3 is 2.19 bits per heavy atom. The normalized spacial score (nSPS) is 12.4. The summed E-state index contributed by atoms with van der Waals surface area (Å²) in [6.45, 7) is 8.77. The standard InChI is InChI=1S/C14H23N.ClH/c1-10(2)5-8-14(15)13-7-6-11(3)12(4)9-13;/h6-7,9-10,14H,5,8,15H2,1-4H3;1H/t14-;/m0./s1. The number of aryl methyl sites for hydroxylation is 2. The van der Waals surface area contributed by atoms with Crippen molar-refractivity contribution in [3.8, 4) is 0 Å². The van der Waals surface area contributed by atoms with Crippen molar-refractivity contribution < 1.29 is 0 Å². The van der Waals surface area contributed by atoms with Crippen molar-refractivity contribution in [1.29, 1.82) is 0 Å². The molecular formula is C14H24ClN. The molecule has 92 valence electrons. The second-order valence-corrected chi connectivity index (χ2v) is 4.92. The predicted molar refractivity (Wildman–Crippen MR) is 74.2 cm³/mol. The molecule has 0 aliphatic heterocycles. The van der Waals surface area contributed by atoms with Crippen LogP contribution in [0.3, 0.4) is 0 Å². The van der Waals surface area contributed by atoms with Crippen molar-refractivity contribution in [1.82, 2.24) is 0 Å². The molecule has 1 rings (SSSR count). The van der Waals surface area contributed by atoms with E-state index in [1.807, 2.05) is 0 Å². The molecule has 0 spiro atoms. The lowest BCUT2D eigenvalue weighted by Gasteiger charge is -2.14. The first-order valence-electron chi connectivity index (χ1n) is 5.83. The minimum atomic E-state index is 0. The minimum absolute atomic E-state index is 0. The third kappa shape index (κ3) is 4.54. The average molecular weight is 242 g/mol. The molecule has 16 heavy (non-hydrogen) atoms. The van der Waals surface area contributed by atoms with E-state index in [1.165, 1.54) is 23.1 Å². The Hall–Kier alpha value is -0.530. The van der Waals surface area contributed by atoms with Gasteiger partial charge in [-0.1, -0.05) is 32.0 Å². The molecule has 1 aromatic carbocycles. The molecule has 0 saturated heterocycles. The zero-order chi connectivity index (χ0) is 11.4. The van der Waals surface area contributed by atoms with Gasteiger partial charge in [0.2, 0.25) is 0 Å². The molecular weight excluding hydrogens is 218 g/mol. The van der Waals surface area contributed by atoms with Crippen LogP contribution in [0.15, 0.2) is 18.2 Å². The molecule has 0 aromatic heterocycles. The van der Waals surface area contributed by atoms with Crippen LogP contribution in [0, 0.1) is 19.8 Å². The fourth-order valence-corrected chi connectivity index (χ4v) is 1.67. The van der Waals surface area contributed by atoms with E-state index in [4.69, 9.17) is 5.73 Å². The molecule has 1 aromatic rings. The molecule has 0 bridgehead atoms. The summed E-state index contributed by atoms with van der Waals surface area (Å²) in [5, 5.41) is 0. The number of hydrogen-bond acceptors (Lipinski definition) is 1. The maximum atomic E-state index is 6.16. The number of halogens is 1. The van der Waals surface area contributed by atoms with E-state index in [-0.39, 0.29) is 18.4 Å². The highest BCUT2D eigenvalue weighted by Crippen LogP contribution is 2.20. The summed E-state index contributed by atoms with van der Waals surface area (Å²) in [5.74, 6) is 0.739. The maximum Gasteiger partial charge on any atom is 0.0295 e. The number of benzene rings is 1. The lowest BCUT2D eigenvalue weighted by Crippen LogP contribution is -2.11. The van der Waals surface area contributed by atoms with Gasteiger partial charge in [0.15, 0.2) is 0 Å². The zero-order valence-corrected chi connectivity index (χ0v) is 11.6. The Kier molecular flexibility index (Phi) is 6.70. The van der Waals surface area contributed by atoms with E-state index in [0.29, 0.717) is 0 Å². The quantitative estimate of drug-likeness (QED) is 0.842. The first-order chi connectivity index (χ1) is 7.00. The van der Waals surface area contributed by atoms with E-state index in [2.05, 4.69) is 45.9 Å². The van der Waals surface area contributed by atoms with Gasteiger partial charge in [-0.25, -0.2) is 0 Å². The van der Waals surface area contributed by atoms with Crippen LogP contribution in [0.4, 0.5) is 0 Å². The van der Waals surface area contributed by atoms with Crippen LogP contribution in [0.5, 0.6) is 0 Å². The Morgan fingerprint density at radius 2 is 1.69 bits per heavy atom. The molecule has 2 heteroatoms. The first kappa shape index (κ1) is 15.5. The molecule has 0 saturated carbocycles. The summed E-state index contributed by atoms with van der Waals surface area (Å²) in [6.07, 6.45) is 2.29. The highest BCUT2D eigenvalue weighted by molar-refractivity contribution is 5.85. The van der Waals surface area contributed by atoms with Gasteiger partial charge in [0.25, 0.3) is 0 Å². The second-order valence-electron chi connectivity index (χ2n) is 4.92. The van der Waals surface area contributed by atoms with Crippen LogP contribution in [0.1, 0.15) is 49.4 Å². The van der Waals surface area contributed by atoms with Crippen LogP contribution < -0.4 is 5.73 Å². The molecule has 0 aliphatic rings. The van der Waals surface area contributed by atoms with Crippen molar-refractivity contribution in [3.05, 3.63) is 34.9 Å². The van der Waals surface area contributed by atoms with Crippen LogP contribution >= 0.6 is 12.4 Å². The van der Waals surface area contributed by atoms with Crippen molar-refractivity contribution in [2.24, 2.45) is 11.7 Å². The van der Waals surface area contributed by atoms with Gasteiger partial charge in [-0.15, -0.1) is 12.4 Å². The van der Waals surface area contributed by atoms with Gasteiger partial charge < -0.3 is 5.73 Å². The van der Waals surface area contributed by atoms with E-state index in [1.54, 1.807) is 0 Å². The van der Waals surface area contributed by atoms with Crippen molar-refractivity contribution in [2.75, 3.05) is 0 Å². The van der Waals surface area contributed by atoms with E-state index in [0.717, 1.165) is 12.3 Å². The third-order valence-electron chi connectivity index (χ3n) is 3.01. The summed E-state index contributed by atoms with van der Waals surface area (Å²) in [6, 6.07) is 6.75.